The number of primary amides is 1. The largest absolute Gasteiger partial charge is 0.381 e. The van der Waals surface area contributed by atoms with Gasteiger partial charge in [-0.15, -0.1) is 0 Å². The van der Waals surface area contributed by atoms with Crippen LogP contribution in [0.1, 0.15) is 29.5 Å². The maximum atomic E-state index is 15.0. The number of hydrogen-bond acceptors (Lipinski definition) is 5. The second-order valence-electron chi connectivity index (χ2n) is 8.01. The third kappa shape index (κ3) is 3.54. The number of rotatable bonds is 5. The molecule has 5 aromatic rings. The van der Waals surface area contributed by atoms with Crippen molar-refractivity contribution in [1.29, 1.82) is 0 Å². The fourth-order valence-electron chi connectivity index (χ4n) is 4.27. The molecule has 0 aliphatic carbocycles. The molecule has 0 saturated heterocycles. The molecule has 0 aliphatic heterocycles. The Morgan fingerprint density at radius 2 is 1.74 bits per heavy atom. The van der Waals surface area contributed by atoms with E-state index < -0.39 is 23.4 Å². The Balaban J connectivity index is 1.94. The lowest BCUT2D eigenvalue weighted by Crippen LogP contribution is -2.12. The van der Waals surface area contributed by atoms with Crippen LogP contribution in [0.4, 0.5) is 19.0 Å². The number of amides is 1. The molecule has 1 amide bonds. The number of benzene rings is 2. The number of aromatic nitrogens is 4. The van der Waals surface area contributed by atoms with Crippen molar-refractivity contribution >= 4 is 33.7 Å². The zero-order chi connectivity index (χ0) is 24.9. The molecular weight excluding hydrogens is 457 g/mol. The van der Waals surface area contributed by atoms with Gasteiger partial charge in [0.25, 0.3) is 5.91 Å². The highest BCUT2D eigenvalue weighted by Crippen LogP contribution is 2.35. The highest BCUT2D eigenvalue weighted by molar-refractivity contribution is 6.07. The lowest BCUT2D eigenvalue weighted by Gasteiger charge is -2.14. The van der Waals surface area contributed by atoms with E-state index in [0.717, 1.165) is 12.1 Å². The van der Waals surface area contributed by atoms with Crippen LogP contribution in [0.3, 0.4) is 0 Å². The van der Waals surface area contributed by atoms with Crippen molar-refractivity contribution in [2.75, 3.05) is 5.73 Å². The summed E-state index contributed by atoms with van der Waals surface area (Å²) < 4.78 is 46.0. The third-order valence-electron chi connectivity index (χ3n) is 5.81. The van der Waals surface area contributed by atoms with Crippen molar-refractivity contribution in [1.82, 2.24) is 19.5 Å². The number of carbonyl (C=O) groups excluding carboxylic acids is 1. The lowest BCUT2D eigenvalue weighted by molar-refractivity contribution is 0.100. The van der Waals surface area contributed by atoms with Crippen LogP contribution in [-0.2, 0) is 6.42 Å². The molecule has 5 rings (SSSR count). The number of hydrogen-bond donors (Lipinski definition) is 2. The molecule has 35 heavy (non-hydrogen) atoms. The number of aryl methyl sites for hydroxylation is 1. The number of nitrogen functional groups attached to an aromatic ring is 1. The number of nitrogens with zero attached hydrogens (tertiary/aromatic N) is 4. The van der Waals surface area contributed by atoms with Gasteiger partial charge in [0.05, 0.1) is 22.2 Å². The molecule has 7 nitrogen and oxygen atoms in total. The smallest absolute Gasteiger partial charge is 0.250 e. The van der Waals surface area contributed by atoms with Gasteiger partial charge >= 0.3 is 0 Å². The molecule has 2 aromatic carbocycles. The summed E-state index contributed by atoms with van der Waals surface area (Å²) in [5.74, 6) is -2.70. The van der Waals surface area contributed by atoms with Gasteiger partial charge in [0, 0.05) is 24.4 Å². The first-order valence-electron chi connectivity index (χ1n) is 10.8. The minimum atomic E-state index is -0.774. The second kappa shape index (κ2) is 8.39. The molecule has 0 bridgehead atoms. The summed E-state index contributed by atoms with van der Waals surface area (Å²) in [4.78, 5) is 24.8. The summed E-state index contributed by atoms with van der Waals surface area (Å²) >= 11 is 0. The topological polar surface area (TPSA) is 113 Å². The monoisotopic (exact) mass is 476 g/mol. The minimum absolute atomic E-state index is 0.0467. The number of fused-ring (bicyclic) bond motifs is 2. The van der Waals surface area contributed by atoms with E-state index >= 15 is 4.39 Å². The molecule has 0 spiro atoms. The number of imidazole rings is 1. The van der Waals surface area contributed by atoms with Crippen LogP contribution in [0.2, 0.25) is 0 Å². The van der Waals surface area contributed by atoms with Crippen molar-refractivity contribution in [3.8, 4) is 16.8 Å². The quantitative estimate of drug-likeness (QED) is 0.382. The summed E-state index contributed by atoms with van der Waals surface area (Å²) in [7, 11) is 0. The first-order valence-corrected chi connectivity index (χ1v) is 10.8. The zero-order valence-electron chi connectivity index (χ0n) is 18.5. The Bertz CT molecular complexity index is 1650. The van der Waals surface area contributed by atoms with E-state index in [4.69, 9.17) is 11.5 Å². The molecule has 0 fully saturated rings. The molecule has 10 heteroatoms. The third-order valence-corrected chi connectivity index (χ3v) is 5.81. The van der Waals surface area contributed by atoms with Crippen LogP contribution in [0.15, 0.2) is 48.8 Å². The highest BCUT2D eigenvalue weighted by atomic mass is 19.1. The highest BCUT2D eigenvalue weighted by Gasteiger charge is 2.23. The Morgan fingerprint density at radius 3 is 2.49 bits per heavy atom. The van der Waals surface area contributed by atoms with Crippen LogP contribution in [0.5, 0.6) is 0 Å². The predicted octanol–water partition coefficient (Wildman–Crippen LogP) is 4.69. The van der Waals surface area contributed by atoms with E-state index in [9.17, 15) is 13.6 Å². The van der Waals surface area contributed by atoms with Gasteiger partial charge in [-0.05, 0) is 48.4 Å². The Kier molecular flexibility index (Phi) is 5.35. The average Bonchev–Trinajstić information content (AvgIpc) is 3.20. The number of anilines is 1. The molecule has 0 atom stereocenters. The number of pyridine rings is 2. The summed E-state index contributed by atoms with van der Waals surface area (Å²) in [5, 5.41) is -0.0467. The molecule has 176 valence electrons. The standard InChI is InChI=1S/C25H19F3N6O/c1-2-3-19-33-22-14(25(30)35)10-12(13-6-8-32-24(29)21(13)28)11-18(22)34(19)17-7-9-31-23-16(27)5-4-15(26)20(17)23/h4-11H,2-3H2,1H3,(H2,29,32)(H2,30,35). The molecule has 3 aromatic heterocycles. The molecular formula is C25H19F3N6O. The van der Waals surface area contributed by atoms with Gasteiger partial charge in [0.15, 0.2) is 11.6 Å². The van der Waals surface area contributed by atoms with Gasteiger partial charge in [0.1, 0.15) is 28.5 Å². The maximum Gasteiger partial charge on any atom is 0.250 e. The van der Waals surface area contributed by atoms with Gasteiger partial charge in [-0.1, -0.05) is 6.92 Å². The van der Waals surface area contributed by atoms with Crippen molar-refractivity contribution < 1.29 is 18.0 Å². The van der Waals surface area contributed by atoms with Crippen molar-refractivity contribution in [2.24, 2.45) is 5.73 Å². The molecule has 0 radical (unpaired) electrons. The predicted molar refractivity (Wildman–Crippen MR) is 126 cm³/mol. The van der Waals surface area contributed by atoms with Crippen molar-refractivity contribution in [3.05, 3.63) is 77.6 Å². The first kappa shape index (κ1) is 22.3. The fourth-order valence-corrected chi connectivity index (χ4v) is 4.27. The van der Waals surface area contributed by atoms with Crippen LogP contribution < -0.4 is 11.5 Å². The Morgan fingerprint density at radius 1 is 1.00 bits per heavy atom. The Hall–Kier alpha value is -4.47. The van der Waals surface area contributed by atoms with Crippen LogP contribution in [0, 0.1) is 17.5 Å². The van der Waals surface area contributed by atoms with Gasteiger partial charge in [0.2, 0.25) is 0 Å². The fraction of sp³-hybridized carbons (Fsp3) is 0.120. The van der Waals surface area contributed by atoms with Crippen molar-refractivity contribution in [3.63, 3.8) is 0 Å². The average molecular weight is 476 g/mol. The summed E-state index contributed by atoms with van der Waals surface area (Å²) in [6.07, 6.45) is 3.84. The molecule has 3 heterocycles. The van der Waals surface area contributed by atoms with E-state index in [1.54, 1.807) is 10.6 Å². The normalized spacial score (nSPS) is 11.4. The number of carbonyl (C=O) groups is 1. The van der Waals surface area contributed by atoms with Gasteiger partial charge in [-0.25, -0.2) is 23.1 Å². The van der Waals surface area contributed by atoms with Crippen LogP contribution >= 0.6 is 0 Å². The van der Waals surface area contributed by atoms with Gasteiger partial charge in [-0.2, -0.15) is 0 Å². The van der Waals surface area contributed by atoms with E-state index in [0.29, 0.717) is 29.7 Å². The van der Waals surface area contributed by atoms with E-state index in [1.165, 1.54) is 30.6 Å². The SMILES string of the molecule is CCCc1nc2c(C(N)=O)cc(-c3ccnc(N)c3F)cc2n1-c1ccnc2c(F)ccc(F)c12. The summed E-state index contributed by atoms with van der Waals surface area (Å²) in [5.41, 5.74) is 12.5. The second-order valence-corrected chi connectivity index (χ2v) is 8.01. The number of halogens is 3. The molecule has 0 saturated carbocycles. The van der Waals surface area contributed by atoms with Crippen LogP contribution in [-0.4, -0.2) is 25.4 Å². The van der Waals surface area contributed by atoms with E-state index in [-0.39, 0.29) is 39.1 Å². The van der Waals surface area contributed by atoms with Gasteiger partial charge in [-0.3, -0.25) is 14.3 Å². The molecule has 0 aliphatic rings. The first-order chi connectivity index (χ1) is 16.8. The Labute approximate surface area is 197 Å². The maximum absolute atomic E-state index is 15.0. The molecule has 4 N–H and O–H groups in total. The minimum Gasteiger partial charge on any atom is -0.381 e. The lowest BCUT2D eigenvalue weighted by atomic mass is 10.0. The molecule has 0 unspecified atom stereocenters. The van der Waals surface area contributed by atoms with E-state index in [2.05, 4.69) is 15.0 Å². The van der Waals surface area contributed by atoms with Crippen molar-refractivity contribution in [2.45, 2.75) is 19.8 Å². The van der Waals surface area contributed by atoms with E-state index in [1.807, 2.05) is 6.92 Å². The summed E-state index contributed by atoms with van der Waals surface area (Å²) in [6, 6.07) is 8.02. The number of nitrogens with two attached hydrogens (primary N) is 2. The zero-order valence-corrected chi connectivity index (χ0v) is 18.5. The van der Waals surface area contributed by atoms with Gasteiger partial charge < -0.3 is 11.5 Å². The summed E-state index contributed by atoms with van der Waals surface area (Å²) in [6.45, 7) is 1.93. The van der Waals surface area contributed by atoms with Crippen LogP contribution in [0.25, 0.3) is 38.8 Å².